The summed E-state index contributed by atoms with van der Waals surface area (Å²) in [6, 6.07) is 8.63. The molecule has 3 N–H and O–H groups in total. The Morgan fingerprint density at radius 2 is 1.41 bits per heavy atom. The van der Waals surface area contributed by atoms with Crippen molar-refractivity contribution >= 4 is 29.2 Å². The van der Waals surface area contributed by atoms with Crippen molar-refractivity contribution in [1.82, 2.24) is 15.0 Å². The summed E-state index contributed by atoms with van der Waals surface area (Å²) in [4.78, 5) is 14.3. The number of aliphatic hydroxyl groups excluding tert-OH is 1. The first kappa shape index (κ1) is 23.5. The molecule has 0 saturated carbocycles. The molecule has 2 heterocycles. The maximum absolute atomic E-state index is 13.0. The summed E-state index contributed by atoms with van der Waals surface area (Å²) in [7, 11) is 0. The van der Waals surface area contributed by atoms with Crippen LogP contribution in [-0.4, -0.2) is 39.3 Å². The van der Waals surface area contributed by atoms with E-state index in [0.717, 1.165) is 24.3 Å². The number of hydrogen-bond donors (Lipinski definition) is 3. The second-order valence-corrected chi connectivity index (χ2v) is 7.57. The summed E-state index contributed by atoms with van der Waals surface area (Å²) in [5.41, 5.74) is -1.35. The number of nitrogens with one attached hydrogen (secondary N) is 2. The zero-order valence-corrected chi connectivity index (χ0v) is 17.3. The van der Waals surface area contributed by atoms with Crippen LogP contribution in [0, 0.1) is 0 Å². The van der Waals surface area contributed by atoms with Gasteiger partial charge >= 0.3 is 12.4 Å². The third-order valence-corrected chi connectivity index (χ3v) is 4.98. The van der Waals surface area contributed by atoms with Gasteiger partial charge in [-0.05, 0) is 48.9 Å². The molecule has 2 aromatic carbocycles. The standard InChI is InChI=1S/C21H18F6N6O/c22-20(23,24)12-4-6-14(7-5-12)28-17-30-18(32-19(31-17)33-9-8-16(34)11-33)29-15-3-1-2-13(10-15)21(25,26)27/h1-7,10,16,34H,8-9,11H2,(H2,28,29,30,31,32). The lowest BCUT2D eigenvalue weighted by molar-refractivity contribution is -0.138. The van der Waals surface area contributed by atoms with E-state index in [0.29, 0.717) is 13.0 Å². The van der Waals surface area contributed by atoms with Gasteiger partial charge in [-0.25, -0.2) is 0 Å². The Balaban J connectivity index is 1.63. The highest BCUT2D eigenvalue weighted by Gasteiger charge is 2.31. The van der Waals surface area contributed by atoms with E-state index in [1.54, 1.807) is 4.90 Å². The third-order valence-electron chi connectivity index (χ3n) is 4.98. The minimum Gasteiger partial charge on any atom is -0.391 e. The number of halogens is 6. The van der Waals surface area contributed by atoms with Crippen molar-refractivity contribution in [3.05, 3.63) is 59.7 Å². The molecule has 180 valence electrons. The lowest BCUT2D eigenvalue weighted by atomic mass is 10.2. The maximum atomic E-state index is 13.0. The van der Waals surface area contributed by atoms with Crippen LogP contribution in [0.5, 0.6) is 0 Å². The van der Waals surface area contributed by atoms with E-state index in [1.807, 2.05) is 0 Å². The highest BCUT2D eigenvalue weighted by Crippen LogP contribution is 2.32. The van der Waals surface area contributed by atoms with Crippen molar-refractivity contribution in [3.8, 4) is 0 Å². The Kier molecular flexibility index (Phi) is 6.21. The molecule has 1 fully saturated rings. The lowest BCUT2D eigenvalue weighted by Crippen LogP contribution is -2.24. The van der Waals surface area contributed by atoms with E-state index in [1.165, 1.54) is 24.3 Å². The minimum atomic E-state index is -4.54. The van der Waals surface area contributed by atoms with Gasteiger partial charge in [0.1, 0.15) is 0 Å². The van der Waals surface area contributed by atoms with Crippen LogP contribution in [-0.2, 0) is 12.4 Å². The molecule has 0 amide bonds. The molecule has 0 bridgehead atoms. The van der Waals surface area contributed by atoms with E-state index in [2.05, 4.69) is 25.6 Å². The van der Waals surface area contributed by atoms with Gasteiger partial charge in [0, 0.05) is 24.5 Å². The molecule has 7 nitrogen and oxygen atoms in total. The van der Waals surface area contributed by atoms with Gasteiger partial charge in [-0.2, -0.15) is 41.3 Å². The predicted molar refractivity (Wildman–Crippen MR) is 112 cm³/mol. The Labute approximate surface area is 189 Å². The molecule has 0 aliphatic carbocycles. The molecule has 1 aliphatic heterocycles. The van der Waals surface area contributed by atoms with Crippen LogP contribution in [0.3, 0.4) is 0 Å². The number of alkyl halides is 6. The van der Waals surface area contributed by atoms with Crippen LogP contribution >= 0.6 is 0 Å². The summed E-state index contributed by atoms with van der Waals surface area (Å²) in [6.07, 6.45) is -9.15. The molecule has 0 radical (unpaired) electrons. The summed E-state index contributed by atoms with van der Waals surface area (Å²) in [5.74, 6) is 0.0242. The zero-order chi connectivity index (χ0) is 24.5. The number of benzene rings is 2. The molecule has 1 atom stereocenters. The fourth-order valence-electron chi connectivity index (χ4n) is 3.32. The second kappa shape index (κ2) is 8.97. The molecule has 1 aromatic heterocycles. The fourth-order valence-corrected chi connectivity index (χ4v) is 3.32. The van der Waals surface area contributed by atoms with E-state index in [-0.39, 0.29) is 35.8 Å². The number of anilines is 5. The third kappa shape index (κ3) is 5.65. The van der Waals surface area contributed by atoms with E-state index >= 15 is 0 Å². The van der Waals surface area contributed by atoms with Gasteiger partial charge in [0.15, 0.2) is 0 Å². The normalized spacial score (nSPS) is 16.6. The maximum Gasteiger partial charge on any atom is 0.416 e. The van der Waals surface area contributed by atoms with E-state index in [9.17, 15) is 31.4 Å². The average Bonchev–Trinajstić information content (AvgIpc) is 3.19. The number of rotatable bonds is 5. The number of hydrogen-bond acceptors (Lipinski definition) is 7. The predicted octanol–water partition coefficient (Wildman–Crippen LogP) is 4.97. The summed E-state index contributed by atoms with van der Waals surface area (Å²) in [5, 5.41) is 15.3. The van der Waals surface area contributed by atoms with E-state index < -0.39 is 29.6 Å². The van der Waals surface area contributed by atoms with Crippen LogP contribution in [0.2, 0.25) is 0 Å². The highest BCUT2D eigenvalue weighted by molar-refractivity contribution is 5.60. The SMILES string of the molecule is OC1CCN(c2nc(Nc3ccc(C(F)(F)F)cc3)nc(Nc3cccc(C(F)(F)F)c3)n2)C1. The van der Waals surface area contributed by atoms with Crippen molar-refractivity contribution in [1.29, 1.82) is 0 Å². The van der Waals surface area contributed by atoms with E-state index in [4.69, 9.17) is 0 Å². The van der Waals surface area contributed by atoms with Crippen LogP contribution in [0.4, 0.5) is 55.6 Å². The molecular weight excluding hydrogens is 466 g/mol. The van der Waals surface area contributed by atoms with Crippen LogP contribution in [0.25, 0.3) is 0 Å². The number of nitrogens with zero attached hydrogens (tertiary/aromatic N) is 4. The van der Waals surface area contributed by atoms with Gasteiger partial charge in [-0.1, -0.05) is 6.07 Å². The monoisotopic (exact) mass is 484 g/mol. The van der Waals surface area contributed by atoms with Gasteiger partial charge in [-0.15, -0.1) is 0 Å². The molecule has 1 aliphatic rings. The van der Waals surface area contributed by atoms with Crippen LogP contribution < -0.4 is 15.5 Å². The molecule has 1 saturated heterocycles. The van der Waals surface area contributed by atoms with Gasteiger partial charge in [-0.3, -0.25) is 0 Å². The lowest BCUT2D eigenvalue weighted by Gasteiger charge is -2.18. The second-order valence-electron chi connectivity index (χ2n) is 7.57. The van der Waals surface area contributed by atoms with Crippen molar-refractivity contribution in [2.75, 3.05) is 28.6 Å². The first-order valence-electron chi connectivity index (χ1n) is 10.0. The zero-order valence-electron chi connectivity index (χ0n) is 17.3. The first-order valence-corrected chi connectivity index (χ1v) is 10.0. The van der Waals surface area contributed by atoms with Crippen molar-refractivity contribution in [2.24, 2.45) is 0 Å². The largest absolute Gasteiger partial charge is 0.416 e. The molecule has 3 aromatic rings. The minimum absolute atomic E-state index is 0.0411. The quantitative estimate of drug-likeness (QED) is 0.441. The Bertz CT molecular complexity index is 1150. The molecule has 1 unspecified atom stereocenters. The topological polar surface area (TPSA) is 86.2 Å². The molecular formula is C21H18F6N6O. The van der Waals surface area contributed by atoms with Gasteiger partial charge in [0.25, 0.3) is 0 Å². The number of aromatic nitrogens is 3. The van der Waals surface area contributed by atoms with Gasteiger partial charge < -0.3 is 20.6 Å². The highest BCUT2D eigenvalue weighted by atomic mass is 19.4. The fraction of sp³-hybridized carbons (Fsp3) is 0.286. The number of β-amino-alcohol motifs (C(OH)–C–C–N with tert-alkyl or cyclic N) is 1. The molecule has 13 heteroatoms. The van der Waals surface area contributed by atoms with Crippen molar-refractivity contribution in [3.63, 3.8) is 0 Å². The Hall–Kier alpha value is -3.61. The Morgan fingerprint density at radius 3 is 1.97 bits per heavy atom. The summed E-state index contributed by atoms with van der Waals surface area (Å²) >= 11 is 0. The molecule has 4 rings (SSSR count). The molecule has 34 heavy (non-hydrogen) atoms. The summed E-state index contributed by atoms with van der Waals surface area (Å²) < 4.78 is 77.5. The average molecular weight is 484 g/mol. The Morgan fingerprint density at radius 1 is 0.794 bits per heavy atom. The van der Waals surface area contributed by atoms with Crippen molar-refractivity contribution < 1.29 is 31.4 Å². The first-order chi connectivity index (χ1) is 16.0. The number of aliphatic hydroxyl groups is 1. The van der Waals surface area contributed by atoms with Gasteiger partial charge in [0.05, 0.1) is 17.2 Å². The smallest absolute Gasteiger partial charge is 0.391 e. The van der Waals surface area contributed by atoms with Crippen LogP contribution in [0.15, 0.2) is 48.5 Å². The summed E-state index contributed by atoms with van der Waals surface area (Å²) in [6.45, 7) is 0.681. The van der Waals surface area contributed by atoms with Crippen molar-refractivity contribution in [2.45, 2.75) is 24.9 Å². The van der Waals surface area contributed by atoms with Crippen LogP contribution in [0.1, 0.15) is 17.5 Å². The van der Waals surface area contributed by atoms with Gasteiger partial charge in [0.2, 0.25) is 17.8 Å². The molecule has 0 spiro atoms.